The van der Waals surface area contributed by atoms with Crippen molar-refractivity contribution in [2.75, 3.05) is 0 Å². The molecule has 2 aliphatic heterocycles. The summed E-state index contributed by atoms with van der Waals surface area (Å²) in [5, 5.41) is 4.01. The highest BCUT2D eigenvalue weighted by Crippen LogP contribution is 2.46. The summed E-state index contributed by atoms with van der Waals surface area (Å²) >= 11 is 0. The van der Waals surface area contributed by atoms with E-state index in [2.05, 4.69) is 10.5 Å². The number of rotatable bonds is 1. The molecule has 1 aromatic carbocycles. The van der Waals surface area contributed by atoms with E-state index in [4.69, 9.17) is 4.74 Å². The lowest BCUT2D eigenvalue weighted by Crippen LogP contribution is -2.43. The van der Waals surface area contributed by atoms with Gasteiger partial charge in [-0.3, -0.25) is 18.7 Å². The second-order valence-corrected chi connectivity index (χ2v) is 6.25. The van der Waals surface area contributed by atoms with Crippen molar-refractivity contribution in [3.8, 4) is 11.6 Å². The molecule has 1 unspecified atom stereocenters. The summed E-state index contributed by atoms with van der Waals surface area (Å²) in [6.45, 7) is 1.74. The quantitative estimate of drug-likeness (QED) is 0.815. The first-order valence-corrected chi connectivity index (χ1v) is 7.82. The Hall–Kier alpha value is -3.16. The molecular formula is C17H16N4O4. The van der Waals surface area contributed by atoms with Crippen LogP contribution in [0.3, 0.4) is 0 Å². The molecule has 128 valence electrons. The number of hydrogen-bond acceptors (Lipinski definition) is 5. The third-order valence-corrected chi connectivity index (χ3v) is 4.82. The standard InChI is InChI=1S/C17H16N4O4/c1-8-11(14(22)19-18-8)12-9-6-4-5-7-10(9)25-16-13(12)15(23)20(2)17(24)21(16)3/h4-7,11-12H,1-3H3,(H,19,22)/t11-,12?/m0/s1. The molecule has 0 aliphatic carbocycles. The molecule has 25 heavy (non-hydrogen) atoms. The number of hydrogen-bond donors (Lipinski definition) is 1. The zero-order valence-corrected chi connectivity index (χ0v) is 13.9. The van der Waals surface area contributed by atoms with E-state index >= 15 is 0 Å². The van der Waals surface area contributed by atoms with Gasteiger partial charge in [-0.15, -0.1) is 0 Å². The lowest BCUT2D eigenvalue weighted by molar-refractivity contribution is -0.122. The van der Waals surface area contributed by atoms with Crippen LogP contribution in [-0.2, 0) is 18.9 Å². The van der Waals surface area contributed by atoms with Crippen LogP contribution in [0.15, 0.2) is 39.0 Å². The minimum atomic E-state index is -0.631. The van der Waals surface area contributed by atoms with E-state index in [0.29, 0.717) is 17.0 Å². The molecule has 0 fully saturated rings. The minimum Gasteiger partial charge on any atom is -0.440 e. The Morgan fingerprint density at radius 2 is 1.80 bits per heavy atom. The van der Waals surface area contributed by atoms with Gasteiger partial charge in [0.2, 0.25) is 11.8 Å². The molecule has 0 radical (unpaired) electrons. The smallest absolute Gasteiger partial charge is 0.333 e. The first kappa shape index (κ1) is 15.4. The monoisotopic (exact) mass is 340 g/mol. The molecule has 0 saturated heterocycles. The Labute approximate surface area is 142 Å². The summed E-state index contributed by atoms with van der Waals surface area (Å²) in [5.74, 6) is -0.785. The topological polar surface area (TPSA) is 94.7 Å². The highest BCUT2D eigenvalue weighted by atomic mass is 16.5. The second kappa shape index (κ2) is 5.17. The van der Waals surface area contributed by atoms with Crippen LogP contribution in [0.5, 0.6) is 11.6 Å². The summed E-state index contributed by atoms with van der Waals surface area (Å²) in [7, 11) is 2.96. The van der Waals surface area contributed by atoms with Crippen molar-refractivity contribution in [2.24, 2.45) is 25.1 Å². The predicted molar refractivity (Wildman–Crippen MR) is 90.0 cm³/mol. The molecule has 2 aromatic rings. The molecule has 2 atom stereocenters. The molecule has 8 heteroatoms. The summed E-state index contributed by atoms with van der Waals surface area (Å²) in [6, 6.07) is 7.21. The maximum atomic E-state index is 12.9. The van der Waals surface area contributed by atoms with Crippen molar-refractivity contribution < 1.29 is 9.53 Å². The SMILES string of the molecule is CC1=NNC(=O)[C@@H]1C1c2ccccc2Oc2c1c(=O)n(C)c(=O)n2C. The van der Waals surface area contributed by atoms with Crippen molar-refractivity contribution >= 4 is 11.6 Å². The van der Waals surface area contributed by atoms with E-state index in [1.54, 1.807) is 26.1 Å². The van der Waals surface area contributed by atoms with Gasteiger partial charge in [-0.05, 0) is 13.0 Å². The Morgan fingerprint density at radius 1 is 1.08 bits per heavy atom. The fourth-order valence-electron chi connectivity index (χ4n) is 3.54. The van der Waals surface area contributed by atoms with E-state index < -0.39 is 23.1 Å². The first-order chi connectivity index (χ1) is 11.9. The number of carbonyl (C=O) groups is 1. The van der Waals surface area contributed by atoms with Crippen molar-refractivity contribution in [1.82, 2.24) is 14.6 Å². The van der Waals surface area contributed by atoms with Gasteiger partial charge in [-0.1, -0.05) is 18.2 Å². The van der Waals surface area contributed by atoms with Crippen LogP contribution in [-0.4, -0.2) is 20.8 Å². The minimum absolute atomic E-state index is 0.171. The van der Waals surface area contributed by atoms with Crippen LogP contribution in [0.4, 0.5) is 0 Å². The number of para-hydroxylation sites is 1. The van der Waals surface area contributed by atoms with Crippen LogP contribution < -0.4 is 21.4 Å². The van der Waals surface area contributed by atoms with Gasteiger partial charge >= 0.3 is 5.69 Å². The van der Waals surface area contributed by atoms with Gasteiger partial charge in [0.25, 0.3) is 5.56 Å². The van der Waals surface area contributed by atoms with E-state index in [0.717, 1.165) is 10.1 Å². The molecule has 0 saturated carbocycles. The van der Waals surface area contributed by atoms with Crippen LogP contribution in [0.25, 0.3) is 0 Å². The number of fused-ring (bicyclic) bond motifs is 2. The van der Waals surface area contributed by atoms with Crippen LogP contribution in [0.1, 0.15) is 24.0 Å². The van der Waals surface area contributed by atoms with Crippen LogP contribution >= 0.6 is 0 Å². The summed E-state index contributed by atoms with van der Waals surface area (Å²) < 4.78 is 8.18. The third kappa shape index (κ3) is 2.00. The fourth-order valence-corrected chi connectivity index (χ4v) is 3.54. The third-order valence-electron chi connectivity index (χ3n) is 4.82. The number of amides is 1. The predicted octanol–water partition coefficient (Wildman–Crippen LogP) is 0.443. The Morgan fingerprint density at radius 3 is 2.48 bits per heavy atom. The van der Waals surface area contributed by atoms with Gasteiger partial charge in [-0.2, -0.15) is 5.10 Å². The Bertz CT molecular complexity index is 1060. The van der Waals surface area contributed by atoms with E-state index in [-0.39, 0.29) is 11.8 Å². The molecule has 1 N–H and O–H groups in total. The van der Waals surface area contributed by atoms with Crippen molar-refractivity contribution in [1.29, 1.82) is 0 Å². The number of nitrogens with zero attached hydrogens (tertiary/aromatic N) is 3. The van der Waals surface area contributed by atoms with E-state index in [9.17, 15) is 14.4 Å². The first-order valence-electron chi connectivity index (χ1n) is 7.82. The molecular weight excluding hydrogens is 324 g/mol. The van der Waals surface area contributed by atoms with Crippen molar-refractivity contribution in [2.45, 2.75) is 12.8 Å². The maximum Gasteiger partial charge on any atom is 0.333 e. The lowest BCUT2D eigenvalue weighted by Gasteiger charge is -2.31. The van der Waals surface area contributed by atoms with Gasteiger partial charge in [0, 0.05) is 31.3 Å². The number of nitrogens with one attached hydrogen (secondary N) is 1. The van der Waals surface area contributed by atoms with E-state index in [1.165, 1.54) is 11.6 Å². The molecule has 1 aromatic heterocycles. The molecule has 0 spiro atoms. The van der Waals surface area contributed by atoms with Gasteiger partial charge in [-0.25, -0.2) is 10.2 Å². The van der Waals surface area contributed by atoms with Crippen LogP contribution in [0, 0.1) is 5.92 Å². The molecule has 8 nitrogen and oxygen atoms in total. The van der Waals surface area contributed by atoms with Gasteiger partial charge in [0.05, 0.1) is 11.5 Å². The zero-order valence-electron chi connectivity index (χ0n) is 13.9. The largest absolute Gasteiger partial charge is 0.440 e. The number of aromatic nitrogens is 2. The summed E-state index contributed by atoms with van der Waals surface area (Å²) in [5.41, 5.74) is 3.13. The van der Waals surface area contributed by atoms with Gasteiger partial charge in [0.15, 0.2) is 0 Å². The molecule has 1 amide bonds. The fraction of sp³-hybridized carbons (Fsp3) is 0.294. The number of benzene rings is 1. The number of carbonyl (C=O) groups excluding carboxylic acids is 1. The van der Waals surface area contributed by atoms with Crippen molar-refractivity contribution in [3.63, 3.8) is 0 Å². The average Bonchev–Trinajstić information content (AvgIpc) is 2.94. The Kier molecular flexibility index (Phi) is 3.18. The number of ether oxygens (including phenoxy) is 1. The number of hydrazone groups is 1. The normalized spacial score (nSPS) is 21.1. The average molecular weight is 340 g/mol. The lowest BCUT2D eigenvalue weighted by atomic mass is 9.77. The second-order valence-electron chi connectivity index (χ2n) is 6.25. The molecule has 3 heterocycles. The summed E-state index contributed by atoms with van der Waals surface area (Å²) in [4.78, 5) is 37.6. The highest BCUT2D eigenvalue weighted by molar-refractivity contribution is 6.08. The Balaban J connectivity index is 2.09. The molecule has 0 bridgehead atoms. The van der Waals surface area contributed by atoms with Crippen molar-refractivity contribution in [3.05, 3.63) is 56.2 Å². The molecule has 2 aliphatic rings. The van der Waals surface area contributed by atoms with Gasteiger partial charge < -0.3 is 4.74 Å². The van der Waals surface area contributed by atoms with Crippen LogP contribution in [0.2, 0.25) is 0 Å². The maximum absolute atomic E-state index is 12.9. The van der Waals surface area contributed by atoms with E-state index in [1.807, 2.05) is 12.1 Å². The molecule has 4 rings (SSSR count). The highest BCUT2D eigenvalue weighted by Gasteiger charge is 2.44. The summed E-state index contributed by atoms with van der Waals surface area (Å²) in [6.07, 6.45) is 0. The zero-order chi connectivity index (χ0) is 17.9. The van der Waals surface area contributed by atoms with Gasteiger partial charge in [0.1, 0.15) is 5.75 Å².